The lowest BCUT2D eigenvalue weighted by Gasteiger charge is -2.14. The lowest BCUT2D eigenvalue weighted by molar-refractivity contribution is -0.415. The van der Waals surface area contributed by atoms with E-state index in [0.29, 0.717) is 0 Å². The zero-order chi connectivity index (χ0) is 13.3. The van der Waals surface area contributed by atoms with Crippen LogP contribution in [0.3, 0.4) is 0 Å². The second-order valence-electron chi connectivity index (χ2n) is 2.96. The third-order valence-corrected chi connectivity index (χ3v) is 3.16. The molecule has 0 fully saturated rings. The zero-order valence-electron chi connectivity index (χ0n) is 7.95. The second-order valence-corrected chi connectivity index (χ2v) is 4.24. The number of carboxylic acids is 1. The summed E-state index contributed by atoms with van der Waals surface area (Å²) in [6.07, 6.45) is 0.836. The third-order valence-electron chi connectivity index (χ3n) is 1.95. The highest BCUT2D eigenvalue weighted by atomic mass is 35.5. The summed E-state index contributed by atoms with van der Waals surface area (Å²) in [6.45, 7) is 0. The summed E-state index contributed by atoms with van der Waals surface area (Å²) in [5.41, 5.74) is 3.93. The summed E-state index contributed by atoms with van der Waals surface area (Å²) in [6, 6.07) is 0. The number of nitrogens with zero attached hydrogens (tertiary/aromatic N) is 1. The average molecular weight is 281 g/mol. The Bertz CT molecular complexity index is 594. The van der Waals surface area contributed by atoms with E-state index in [4.69, 9.17) is 22.4 Å². The van der Waals surface area contributed by atoms with Crippen LogP contribution in [0.1, 0.15) is 0 Å². The first-order valence-corrected chi connectivity index (χ1v) is 5.43. The number of nitro groups is 1. The molecule has 1 aliphatic rings. The van der Waals surface area contributed by atoms with Crippen LogP contribution in [0.5, 0.6) is 0 Å². The van der Waals surface area contributed by atoms with Gasteiger partial charge in [-0.1, -0.05) is 11.6 Å². The van der Waals surface area contributed by atoms with E-state index in [1.807, 2.05) is 0 Å². The van der Waals surface area contributed by atoms with Crippen molar-refractivity contribution in [3.63, 3.8) is 0 Å². The minimum Gasteiger partial charge on any atom is -0.481 e. The van der Waals surface area contributed by atoms with Crippen LogP contribution < -0.4 is 5.73 Å². The van der Waals surface area contributed by atoms with Crippen LogP contribution in [0.25, 0.3) is 0 Å². The molecule has 0 heterocycles. The molecule has 3 N–H and O–H groups in total. The van der Waals surface area contributed by atoms with Gasteiger partial charge in [-0.25, -0.2) is 0 Å². The van der Waals surface area contributed by atoms with Crippen molar-refractivity contribution < 1.29 is 23.2 Å². The Morgan fingerprint density at radius 1 is 1.59 bits per heavy atom. The van der Waals surface area contributed by atoms with Gasteiger partial charge in [-0.05, 0) is 6.08 Å². The van der Waals surface area contributed by atoms with E-state index in [1.54, 1.807) is 0 Å². The molecule has 0 spiro atoms. The van der Waals surface area contributed by atoms with E-state index in [9.17, 15) is 23.3 Å². The Hall–Kier alpha value is -1.87. The van der Waals surface area contributed by atoms with Crippen molar-refractivity contribution >= 4 is 32.7 Å². The molecule has 0 radical (unpaired) electrons. The molecule has 0 aromatic rings. The summed E-state index contributed by atoms with van der Waals surface area (Å²) < 4.78 is 21.7. The SMILES string of the molecule is NC1=C[C@H](C(=O)O)C(=S(=O)=O)C([N+](=O)[O-])=C1Cl. The first kappa shape index (κ1) is 13.2. The summed E-state index contributed by atoms with van der Waals surface area (Å²) in [4.78, 5) is 19.5. The molecule has 0 saturated heterocycles. The number of hydrogen-bond acceptors (Lipinski definition) is 6. The Kier molecular flexibility index (Phi) is 3.53. The van der Waals surface area contributed by atoms with Gasteiger partial charge < -0.3 is 10.8 Å². The molecule has 1 rings (SSSR count). The molecule has 10 heteroatoms. The predicted octanol–water partition coefficient (Wildman–Crippen LogP) is -0.678. The van der Waals surface area contributed by atoms with Gasteiger partial charge >= 0.3 is 11.7 Å². The summed E-state index contributed by atoms with van der Waals surface area (Å²) in [5.74, 6) is -3.29. The highest BCUT2D eigenvalue weighted by Gasteiger charge is 2.40. The quantitative estimate of drug-likeness (QED) is 0.388. The molecule has 8 nitrogen and oxygen atoms in total. The highest BCUT2D eigenvalue weighted by Crippen LogP contribution is 2.27. The first-order valence-electron chi connectivity index (χ1n) is 3.98. The Balaban J connectivity index is 3.68. The standard InChI is InChI=1S/C7H5ClN2O6S/c8-4-3(9)1-2(7(11)12)6(17(15)16)5(4)10(13)14/h1-2H,9H2,(H,11,12)/t2-/m0/s1. The van der Waals surface area contributed by atoms with E-state index in [1.165, 1.54) is 0 Å². The van der Waals surface area contributed by atoms with Crippen molar-refractivity contribution in [2.75, 3.05) is 0 Å². The second kappa shape index (κ2) is 4.55. The largest absolute Gasteiger partial charge is 0.481 e. The molecular formula is C7H5ClN2O6S. The van der Waals surface area contributed by atoms with Gasteiger partial charge in [0, 0.05) is 0 Å². The van der Waals surface area contributed by atoms with E-state index in [-0.39, 0.29) is 5.70 Å². The number of nitrogens with two attached hydrogens (primary N) is 1. The average Bonchev–Trinajstić information content (AvgIpc) is 2.19. The fourth-order valence-electron chi connectivity index (χ4n) is 1.26. The van der Waals surface area contributed by atoms with Crippen molar-refractivity contribution in [2.24, 2.45) is 11.7 Å². The molecule has 0 amide bonds. The van der Waals surface area contributed by atoms with Gasteiger partial charge in [0.2, 0.25) is 10.3 Å². The Morgan fingerprint density at radius 3 is 2.47 bits per heavy atom. The van der Waals surface area contributed by atoms with Crippen molar-refractivity contribution in [3.05, 3.63) is 32.6 Å². The van der Waals surface area contributed by atoms with Crippen molar-refractivity contribution in [3.8, 4) is 0 Å². The molecular weight excluding hydrogens is 276 g/mol. The van der Waals surface area contributed by atoms with E-state index < -0.39 is 42.7 Å². The molecule has 1 atom stereocenters. The summed E-state index contributed by atoms with van der Waals surface area (Å²) >= 11 is 5.49. The molecule has 92 valence electrons. The monoisotopic (exact) mass is 280 g/mol. The fourth-order valence-corrected chi connectivity index (χ4v) is 2.26. The van der Waals surface area contributed by atoms with Crippen LogP contribution in [0.2, 0.25) is 0 Å². The van der Waals surface area contributed by atoms with Crippen molar-refractivity contribution in [1.82, 2.24) is 0 Å². The van der Waals surface area contributed by atoms with E-state index >= 15 is 0 Å². The summed E-state index contributed by atoms with van der Waals surface area (Å²) in [5, 5.41) is 18.9. The molecule has 0 aliphatic heterocycles. The van der Waals surface area contributed by atoms with Gasteiger partial charge in [-0.15, -0.1) is 0 Å². The van der Waals surface area contributed by atoms with Gasteiger partial charge in [0.05, 0.1) is 10.6 Å². The molecule has 1 aliphatic carbocycles. The number of rotatable bonds is 2. The number of hydrogen-bond donors (Lipinski definition) is 2. The molecule has 17 heavy (non-hydrogen) atoms. The zero-order valence-corrected chi connectivity index (χ0v) is 9.53. The van der Waals surface area contributed by atoms with Crippen LogP contribution >= 0.6 is 11.6 Å². The van der Waals surface area contributed by atoms with Crippen LogP contribution in [0, 0.1) is 16.0 Å². The highest BCUT2D eigenvalue weighted by molar-refractivity contribution is 7.73. The maximum absolute atomic E-state index is 10.9. The number of aliphatic carboxylic acids is 1. The smallest absolute Gasteiger partial charge is 0.316 e. The minimum atomic E-state index is -3.09. The molecule has 0 unspecified atom stereocenters. The number of halogens is 1. The number of carbonyl (C=O) groups is 1. The maximum Gasteiger partial charge on any atom is 0.316 e. The van der Waals surface area contributed by atoms with Crippen LogP contribution in [0.4, 0.5) is 0 Å². The molecule has 0 saturated carbocycles. The maximum atomic E-state index is 10.9. The van der Waals surface area contributed by atoms with Gasteiger partial charge in [-0.3, -0.25) is 14.9 Å². The van der Waals surface area contributed by atoms with Crippen LogP contribution in [-0.4, -0.2) is 29.3 Å². The lowest BCUT2D eigenvalue weighted by atomic mass is 9.96. The third kappa shape index (κ3) is 2.29. The van der Waals surface area contributed by atoms with Gasteiger partial charge in [0.25, 0.3) is 0 Å². The number of allylic oxidation sites excluding steroid dienone is 2. The van der Waals surface area contributed by atoms with Crippen molar-refractivity contribution in [1.29, 1.82) is 0 Å². The minimum absolute atomic E-state index is 0.347. The lowest BCUT2D eigenvalue weighted by Crippen LogP contribution is -2.32. The normalized spacial score (nSPS) is 19.9. The topological polar surface area (TPSA) is 141 Å². The Morgan fingerprint density at radius 2 is 2.12 bits per heavy atom. The summed E-state index contributed by atoms with van der Waals surface area (Å²) in [7, 11) is -3.09. The van der Waals surface area contributed by atoms with Crippen LogP contribution in [0.15, 0.2) is 22.5 Å². The molecule has 0 bridgehead atoms. The number of carboxylic acid groups (broad SMARTS) is 1. The molecule has 0 aromatic carbocycles. The Labute approximate surface area is 101 Å². The van der Waals surface area contributed by atoms with E-state index in [2.05, 4.69) is 0 Å². The van der Waals surface area contributed by atoms with Crippen LogP contribution in [-0.2, 0) is 15.1 Å². The van der Waals surface area contributed by atoms with Gasteiger partial charge in [0.15, 0.2) is 4.86 Å². The fraction of sp³-hybridized carbons (Fsp3) is 0.143. The van der Waals surface area contributed by atoms with Crippen molar-refractivity contribution in [2.45, 2.75) is 0 Å². The first-order chi connectivity index (χ1) is 7.77. The molecule has 0 aromatic heterocycles. The van der Waals surface area contributed by atoms with Gasteiger partial charge in [0.1, 0.15) is 11.0 Å². The van der Waals surface area contributed by atoms with Gasteiger partial charge in [-0.2, -0.15) is 8.42 Å². The predicted molar refractivity (Wildman–Crippen MR) is 57.2 cm³/mol. The van der Waals surface area contributed by atoms with E-state index in [0.717, 1.165) is 6.08 Å².